The van der Waals surface area contributed by atoms with Gasteiger partial charge in [0.25, 0.3) is 15.9 Å². The van der Waals surface area contributed by atoms with E-state index in [1.54, 1.807) is 42.5 Å². The number of carbonyl (C=O) groups excluding carboxylic acids is 1. The normalized spacial score (nSPS) is 11.0. The quantitative estimate of drug-likeness (QED) is 0.465. The van der Waals surface area contributed by atoms with E-state index in [2.05, 4.69) is 10.0 Å². The molecule has 0 unspecified atom stereocenters. The highest BCUT2D eigenvalue weighted by Gasteiger charge is 2.15. The summed E-state index contributed by atoms with van der Waals surface area (Å²) in [6.07, 6.45) is 0. The van der Waals surface area contributed by atoms with E-state index in [4.69, 9.17) is 39.5 Å². The lowest BCUT2D eigenvalue weighted by molar-refractivity contribution is -0.118. The molecule has 3 aromatic carbocycles. The van der Waals surface area contributed by atoms with Crippen molar-refractivity contribution < 1.29 is 17.9 Å². The smallest absolute Gasteiger partial charge is 0.262 e. The second-order valence-corrected chi connectivity index (χ2v) is 8.93. The second-order valence-electron chi connectivity index (χ2n) is 6.02. The highest BCUT2D eigenvalue weighted by atomic mass is 35.5. The number of sulfonamides is 1. The maximum atomic E-state index is 12.5. The molecule has 2 N–H and O–H groups in total. The Balaban J connectivity index is 1.59. The molecule has 156 valence electrons. The summed E-state index contributed by atoms with van der Waals surface area (Å²) in [5.41, 5.74) is 0.753. The Labute approximate surface area is 188 Å². The molecule has 0 aliphatic carbocycles. The number of amides is 1. The maximum Gasteiger partial charge on any atom is 0.262 e. The van der Waals surface area contributed by atoms with Crippen molar-refractivity contribution in [1.29, 1.82) is 0 Å². The molecule has 3 aromatic rings. The lowest BCUT2D eigenvalue weighted by Gasteiger charge is -2.11. The number of rotatable bonds is 7. The molecule has 0 radical (unpaired) electrons. The standard InChI is InChI=1S/C20H15Cl3N2O4S/c21-13-4-6-14(7-5-13)25-30(27,28)16-10-8-15(9-11-16)29-12-19(26)24-18-3-1-2-17(22)20(18)23/h1-11,25H,12H2,(H,24,26). The van der Waals surface area contributed by atoms with E-state index in [9.17, 15) is 13.2 Å². The summed E-state index contributed by atoms with van der Waals surface area (Å²) in [4.78, 5) is 12.1. The zero-order chi connectivity index (χ0) is 21.7. The van der Waals surface area contributed by atoms with E-state index in [-0.39, 0.29) is 16.5 Å². The molecular weight excluding hydrogens is 471 g/mol. The fraction of sp³-hybridized carbons (Fsp3) is 0.0500. The van der Waals surface area contributed by atoms with Gasteiger partial charge in [0.15, 0.2) is 6.61 Å². The largest absolute Gasteiger partial charge is 0.484 e. The molecular formula is C20H15Cl3N2O4S. The first-order valence-electron chi connectivity index (χ1n) is 8.50. The number of hydrogen-bond acceptors (Lipinski definition) is 4. The van der Waals surface area contributed by atoms with Crippen molar-refractivity contribution in [3.63, 3.8) is 0 Å². The minimum absolute atomic E-state index is 0.0416. The molecule has 0 aromatic heterocycles. The molecule has 30 heavy (non-hydrogen) atoms. The summed E-state index contributed by atoms with van der Waals surface area (Å²) < 4.78 is 32.8. The van der Waals surface area contributed by atoms with Crippen LogP contribution in [0, 0.1) is 0 Å². The van der Waals surface area contributed by atoms with Crippen molar-refractivity contribution >= 4 is 62.1 Å². The lowest BCUT2D eigenvalue weighted by atomic mass is 10.3. The van der Waals surface area contributed by atoms with Crippen LogP contribution < -0.4 is 14.8 Å². The molecule has 0 aliphatic rings. The van der Waals surface area contributed by atoms with Gasteiger partial charge in [0.1, 0.15) is 5.75 Å². The number of hydrogen-bond donors (Lipinski definition) is 2. The molecule has 1 amide bonds. The van der Waals surface area contributed by atoms with Crippen LogP contribution in [-0.4, -0.2) is 20.9 Å². The van der Waals surface area contributed by atoms with Gasteiger partial charge >= 0.3 is 0 Å². The summed E-state index contributed by atoms with van der Waals surface area (Å²) in [6, 6.07) is 16.8. The number of nitrogens with one attached hydrogen (secondary N) is 2. The topological polar surface area (TPSA) is 84.5 Å². The average Bonchev–Trinajstić information content (AvgIpc) is 2.72. The number of ether oxygens (including phenoxy) is 1. The lowest BCUT2D eigenvalue weighted by Crippen LogP contribution is -2.20. The summed E-state index contributed by atoms with van der Waals surface area (Å²) in [5.74, 6) is -0.118. The van der Waals surface area contributed by atoms with Gasteiger partial charge in [-0.3, -0.25) is 9.52 Å². The highest BCUT2D eigenvalue weighted by molar-refractivity contribution is 7.92. The second kappa shape index (κ2) is 9.57. The molecule has 0 spiro atoms. The van der Waals surface area contributed by atoms with Crippen molar-refractivity contribution in [2.24, 2.45) is 0 Å². The Morgan fingerprint density at radius 3 is 2.23 bits per heavy atom. The van der Waals surface area contributed by atoms with Crippen LogP contribution in [0.15, 0.2) is 71.6 Å². The first-order valence-corrected chi connectivity index (χ1v) is 11.1. The Bertz CT molecular complexity index is 1150. The van der Waals surface area contributed by atoms with Crippen molar-refractivity contribution in [2.45, 2.75) is 4.90 Å². The number of halogens is 3. The predicted octanol–water partition coefficient (Wildman–Crippen LogP) is 5.47. The van der Waals surface area contributed by atoms with Gasteiger partial charge in [0, 0.05) is 10.7 Å². The molecule has 0 aliphatic heterocycles. The number of benzene rings is 3. The summed E-state index contributed by atoms with van der Waals surface area (Å²) in [7, 11) is -3.78. The van der Waals surface area contributed by atoms with Crippen molar-refractivity contribution in [3.8, 4) is 5.75 Å². The van der Waals surface area contributed by atoms with Gasteiger partial charge in [-0.05, 0) is 60.7 Å². The van der Waals surface area contributed by atoms with E-state index in [0.29, 0.717) is 27.2 Å². The van der Waals surface area contributed by atoms with Gasteiger partial charge in [-0.25, -0.2) is 8.42 Å². The van der Waals surface area contributed by atoms with Gasteiger partial charge in [0.2, 0.25) is 0 Å². The molecule has 0 saturated carbocycles. The fourth-order valence-corrected chi connectivity index (χ4v) is 3.91. The molecule has 0 saturated heterocycles. The van der Waals surface area contributed by atoms with Gasteiger partial charge in [-0.15, -0.1) is 0 Å². The van der Waals surface area contributed by atoms with Crippen LogP contribution in [-0.2, 0) is 14.8 Å². The van der Waals surface area contributed by atoms with Crippen molar-refractivity contribution in [1.82, 2.24) is 0 Å². The number of carbonyl (C=O) groups is 1. The van der Waals surface area contributed by atoms with Crippen molar-refractivity contribution in [2.75, 3.05) is 16.6 Å². The third-order valence-corrected chi connectivity index (χ3v) is 6.29. The maximum absolute atomic E-state index is 12.5. The Morgan fingerprint density at radius 1 is 0.900 bits per heavy atom. The Hall–Kier alpha value is -2.45. The fourth-order valence-electron chi connectivity index (χ4n) is 2.38. The van der Waals surface area contributed by atoms with Gasteiger partial charge in [-0.2, -0.15) is 0 Å². The zero-order valence-corrected chi connectivity index (χ0v) is 18.3. The molecule has 3 rings (SSSR count). The third-order valence-electron chi connectivity index (χ3n) is 3.83. The number of anilines is 2. The summed E-state index contributed by atoms with van der Waals surface area (Å²) in [6.45, 7) is -0.294. The Morgan fingerprint density at radius 2 is 1.57 bits per heavy atom. The molecule has 0 heterocycles. The van der Waals surface area contributed by atoms with Crippen LogP contribution >= 0.6 is 34.8 Å². The van der Waals surface area contributed by atoms with E-state index >= 15 is 0 Å². The highest BCUT2D eigenvalue weighted by Crippen LogP contribution is 2.29. The average molecular weight is 486 g/mol. The van der Waals surface area contributed by atoms with Crippen LogP contribution in [0.1, 0.15) is 0 Å². The van der Waals surface area contributed by atoms with Gasteiger partial charge < -0.3 is 10.1 Å². The summed E-state index contributed by atoms with van der Waals surface area (Å²) >= 11 is 17.7. The van der Waals surface area contributed by atoms with Crippen LogP contribution in [0.3, 0.4) is 0 Å². The molecule has 0 bridgehead atoms. The Kier molecular flexibility index (Phi) is 7.10. The molecule has 0 fully saturated rings. The first-order chi connectivity index (χ1) is 14.2. The molecule has 0 atom stereocenters. The van der Waals surface area contributed by atoms with E-state index < -0.39 is 15.9 Å². The SMILES string of the molecule is O=C(COc1ccc(S(=O)(=O)Nc2ccc(Cl)cc2)cc1)Nc1cccc(Cl)c1Cl. The van der Waals surface area contributed by atoms with Crippen LogP contribution in [0.4, 0.5) is 11.4 Å². The van der Waals surface area contributed by atoms with Gasteiger partial charge in [-0.1, -0.05) is 40.9 Å². The van der Waals surface area contributed by atoms with Crippen LogP contribution in [0.25, 0.3) is 0 Å². The van der Waals surface area contributed by atoms with Crippen LogP contribution in [0.5, 0.6) is 5.75 Å². The molecule has 10 heteroatoms. The zero-order valence-electron chi connectivity index (χ0n) is 15.2. The van der Waals surface area contributed by atoms with E-state index in [0.717, 1.165) is 0 Å². The minimum atomic E-state index is -3.78. The van der Waals surface area contributed by atoms with E-state index in [1.165, 1.54) is 24.3 Å². The van der Waals surface area contributed by atoms with Gasteiger partial charge in [0.05, 0.1) is 20.6 Å². The monoisotopic (exact) mass is 484 g/mol. The molecule has 6 nitrogen and oxygen atoms in total. The third kappa shape index (κ3) is 5.79. The predicted molar refractivity (Wildman–Crippen MR) is 119 cm³/mol. The minimum Gasteiger partial charge on any atom is -0.484 e. The van der Waals surface area contributed by atoms with Crippen molar-refractivity contribution in [3.05, 3.63) is 81.8 Å². The van der Waals surface area contributed by atoms with E-state index in [1.807, 2.05) is 0 Å². The first kappa shape index (κ1) is 22.2. The van der Waals surface area contributed by atoms with Crippen LogP contribution in [0.2, 0.25) is 15.1 Å². The summed E-state index contributed by atoms with van der Waals surface area (Å²) in [5, 5.41) is 3.64.